The maximum atomic E-state index is 11.8. The van der Waals surface area contributed by atoms with E-state index in [1.165, 1.54) is 11.3 Å². The highest BCUT2D eigenvalue weighted by atomic mass is 79.9. The molecule has 0 aromatic carbocycles. The number of allylic oxidation sites excluding steroid dienone is 2. The van der Waals surface area contributed by atoms with Crippen molar-refractivity contribution in [3.05, 3.63) is 32.4 Å². The van der Waals surface area contributed by atoms with E-state index in [1.807, 2.05) is 11.4 Å². The summed E-state index contributed by atoms with van der Waals surface area (Å²) < 4.78 is 0.926. The van der Waals surface area contributed by atoms with Gasteiger partial charge < -0.3 is 0 Å². The van der Waals surface area contributed by atoms with E-state index in [0.717, 1.165) is 34.2 Å². The van der Waals surface area contributed by atoms with Gasteiger partial charge in [0.2, 0.25) is 0 Å². The van der Waals surface area contributed by atoms with Crippen LogP contribution in [0.4, 0.5) is 0 Å². The zero-order valence-electron chi connectivity index (χ0n) is 7.05. The van der Waals surface area contributed by atoms with Crippen LogP contribution < -0.4 is 0 Å². The lowest BCUT2D eigenvalue weighted by molar-refractivity contribution is 0.103. The largest absolute Gasteiger partial charge is 0.288 e. The molecule has 0 atom stereocenters. The third-order valence-electron chi connectivity index (χ3n) is 2.16. The van der Waals surface area contributed by atoms with Crippen molar-refractivity contribution in [3.63, 3.8) is 0 Å². The van der Waals surface area contributed by atoms with Crippen LogP contribution in [0, 0.1) is 0 Å². The predicted molar refractivity (Wildman–Crippen MR) is 58.3 cm³/mol. The van der Waals surface area contributed by atoms with Gasteiger partial charge in [0.15, 0.2) is 5.78 Å². The summed E-state index contributed by atoms with van der Waals surface area (Å²) >= 11 is 4.88. The van der Waals surface area contributed by atoms with E-state index < -0.39 is 0 Å². The molecule has 0 aliphatic heterocycles. The van der Waals surface area contributed by atoms with Crippen LogP contribution >= 0.6 is 27.3 Å². The van der Waals surface area contributed by atoms with Gasteiger partial charge in [-0.2, -0.15) is 0 Å². The maximum absolute atomic E-state index is 11.8. The minimum atomic E-state index is 0.208. The molecule has 3 heteroatoms. The molecule has 0 N–H and O–H groups in total. The molecule has 0 unspecified atom stereocenters. The summed E-state index contributed by atoms with van der Waals surface area (Å²) in [5.41, 5.74) is 0.989. The van der Waals surface area contributed by atoms with Crippen molar-refractivity contribution in [1.82, 2.24) is 0 Å². The van der Waals surface area contributed by atoms with E-state index in [0.29, 0.717) is 0 Å². The molecule has 0 radical (unpaired) electrons. The van der Waals surface area contributed by atoms with Crippen molar-refractivity contribution in [2.75, 3.05) is 0 Å². The normalized spacial score (nSPS) is 15.9. The van der Waals surface area contributed by atoms with Gasteiger partial charge in [0.25, 0.3) is 0 Å². The van der Waals surface area contributed by atoms with E-state index in [1.54, 1.807) is 0 Å². The van der Waals surface area contributed by atoms with E-state index >= 15 is 0 Å². The van der Waals surface area contributed by atoms with Crippen LogP contribution in [-0.2, 0) is 0 Å². The number of hydrogen-bond donors (Lipinski definition) is 0. The van der Waals surface area contributed by atoms with E-state index in [9.17, 15) is 4.79 Å². The summed E-state index contributed by atoms with van der Waals surface area (Å²) in [4.78, 5) is 12.7. The van der Waals surface area contributed by atoms with Gasteiger partial charge in [-0.25, -0.2) is 0 Å². The highest BCUT2D eigenvalue weighted by Gasteiger charge is 2.18. The fourth-order valence-electron chi connectivity index (χ4n) is 1.48. The smallest absolute Gasteiger partial charge is 0.199 e. The van der Waals surface area contributed by atoms with Crippen molar-refractivity contribution in [3.8, 4) is 0 Å². The molecule has 13 heavy (non-hydrogen) atoms. The van der Waals surface area contributed by atoms with E-state index in [-0.39, 0.29) is 5.78 Å². The highest BCUT2D eigenvalue weighted by molar-refractivity contribution is 9.10. The topological polar surface area (TPSA) is 17.1 Å². The Bertz CT molecular complexity index is 365. The number of halogens is 1. The molecule has 0 saturated heterocycles. The van der Waals surface area contributed by atoms with Gasteiger partial charge in [-0.3, -0.25) is 4.79 Å². The predicted octanol–water partition coefficient (Wildman–Crippen LogP) is 3.80. The van der Waals surface area contributed by atoms with Crippen molar-refractivity contribution < 1.29 is 4.79 Å². The Labute approximate surface area is 89.6 Å². The Morgan fingerprint density at radius 3 is 2.92 bits per heavy atom. The number of carbonyl (C=O) groups excluding carboxylic acids is 1. The fourth-order valence-corrected chi connectivity index (χ4v) is 3.01. The Hall–Kier alpha value is -0.410. The Kier molecular flexibility index (Phi) is 2.65. The van der Waals surface area contributed by atoms with Crippen LogP contribution in [-0.4, -0.2) is 5.78 Å². The number of Topliss-reactive ketones (excluding diaryl/α,β-unsaturated/α-hetero) is 1. The number of rotatable bonds is 2. The average molecular weight is 257 g/mol. The molecule has 1 aromatic rings. The molecule has 0 saturated carbocycles. The number of hydrogen-bond acceptors (Lipinski definition) is 2. The Morgan fingerprint density at radius 1 is 1.54 bits per heavy atom. The standard InChI is InChI=1S/C10H9BrOS/c11-8-5-6-13-10(8)9(12)7-3-1-2-4-7/h3,5-6H,1-2,4H2. The molecule has 2 rings (SSSR count). The van der Waals surface area contributed by atoms with Gasteiger partial charge >= 0.3 is 0 Å². The zero-order chi connectivity index (χ0) is 9.26. The van der Waals surface area contributed by atoms with Gasteiger partial charge in [-0.1, -0.05) is 6.08 Å². The molecule has 0 amide bonds. The number of thiophene rings is 1. The summed E-state index contributed by atoms with van der Waals surface area (Å²) in [7, 11) is 0. The first-order valence-corrected chi connectivity index (χ1v) is 5.93. The van der Waals surface area contributed by atoms with Crippen LogP contribution in [0.1, 0.15) is 28.9 Å². The molecule has 1 nitrogen and oxygen atoms in total. The lowest BCUT2D eigenvalue weighted by Gasteiger charge is -1.98. The second-order valence-corrected chi connectivity index (χ2v) is 4.82. The van der Waals surface area contributed by atoms with Crippen LogP contribution in [0.2, 0.25) is 0 Å². The molecule has 0 spiro atoms. The van der Waals surface area contributed by atoms with E-state index in [4.69, 9.17) is 0 Å². The quantitative estimate of drug-likeness (QED) is 0.736. The first-order valence-electron chi connectivity index (χ1n) is 4.26. The lowest BCUT2D eigenvalue weighted by Crippen LogP contribution is -1.99. The van der Waals surface area contributed by atoms with Crippen molar-refractivity contribution in [2.24, 2.45) is 0 Å². The first-order chi connectivity index (χ1) is 6.29. The third kappa shape index (κ3) is 1.76. The number of ketones is 1. The minimum absolute atomic E-state index is 0.208. The summed E-state index contributed by atoms with van der Waals surface area (Å²) in [6, 6.07) is 1.92. The van der Waals surface area contributed by atoms with Crippen LogP contribution in [0.15, 0.2) is 27.6 Å². The minimum Gasteiger partial charge on any atom is -0.288 e. The lowest BCUT2D eigenvalue weighted by atomic mass is 10.1. The summed E-state index contributed by atoms with van der Waals surface area (Å²) in [5.74, 6) is 0.208. The zero-order valence-corrected chi connectivity index (χ0v) is 9.45. The van der Waals surface area contributed by atoms with E-state index in [2.05, 4.69) is 22.0 Å². The second-order valence-electron chi connectivity index (χ2n) is 3.05. The van der Waals surface area contributed by atoms with Crippen molar-refractivity contribution in [1.29, 1.82) is 0 Å². The van der Waals surface area contributed by atoms with Crippen LogP contribution in [0.5, 0.6) is 0 Å². The van der Waals surface area contributed by atoms with Gasteiger partial charge in [0.1, 0.15) is 0 Å². The Balaban J connectivity index is 2.27. The second kappa shape index (κ2) is 3.76. The van der Waals surface area contributed by atoms with Crippen LogP contribution in [0.25, 0.3) is 0 Å². The molecule has 0 fully saturated rings. The average Bonchev–Trinajstić information content (AvgIpc) is 2.72. The van der Waals surface area contributed by atoms with Gasteiger partial charge in [0.05, 0.1) is 4.88 Å². The van der Waals surface area contributed by atoms with Crippen LogP contribution in [0.3, 0.4) is 0 Å². The molecular formula is C10H9BrOS. The molecule has 1 aliphatic rings. The highest BCUT2D eigenvalue weighted by Crippen LogP contribution is 2.29. The number of carbonyl (C=O) groups is 1. The molecule has 1 aliphatic carbocycles. The molecule has 1 aromatic heterocycles. The van der Waals surface area contributed by atoms with Crippen molar-refractivity contribution in [2.45, 2.75) is 19.3 Å². The SMILES string of the molecule is O=C(C1=CCCC1)c1sccc1Br. The Morgan fingerprint density at radius 2 is 2.38 bits per heavy atom. The molecule has 1 heterocycles. The molecule has 0 bridgehead atoms. The van der Waals surface area contributed by atoms with Gasteiger partial charge in [-0.15, -0.1) is 11.3 Å². The summed E-state index contributed by atoms with van der Waals surface area (Å²) in [5, 5.41) is 1.94. The summed E-state index contributed by atoms with van der Waals surface area (Å²) in [6.45, 7) is 0. The monoisotopic (exact) mass is 256 g/mol. The van der Waals surface area contributed by atoms with Gasteiger partial charge in [0, 0.05) is 4.47 Å². The summed E-state index contributed by atoms with van der Waals surface area (Å²) in [6.07, 6.45) is 5.20. The van der Waals surface area contributed by atoms with Crippen molar-refractivity contribution >= 4 is 33.0 Å². The molecular weight excluding hydrogens is 248 g/mol. The third-order valence-corrected chi connectivity index (χ3v) is 3.99. The fraction of sp³-hybridized carbons (Fsp3) is 0.300. The molecule has 68 valence electrons. The van der Waals surface area contributed by atoms with Gasteiger partial charge in [-0.05, 0) is 52.2 Å². The maximum Gasteiger partial charge on any atom is 0.199 e. The first kappa shape index (κ1) is 9.16.